The predicted octanol–water partition coefficient (Wildman–Crippen LogP) is 5.08. The van der Waals surface area contributed by atoms with Gasteiger partial charge in [0.15, 0.2) is 5.17 Å². The van der Waals surface area contributed by atoms with Crippen LogP contribution in [0.2, 0.25) is 0 Å². The lowest BCUT2D eigenvalue weighted by atomic mass is 9.90. The molecule has 2 aliphatic heterocycles. The fraction of sp³-hybridized carbons (Fsp3) is 0.226. The Labute approximate surface area is 242 Å². The number of fused-ring (bicyclic) bond motifs is 1. The van der Waals surface area contributed by atoms with E-state index in [9.17, 15) is 9.59 Å². The molecule has 9 nitrogen and oxygen atoms in total. The van der Waals surface area contributed by atoms with Crippen LogP contribution in [-0.4, -0.2) is 47.8 Å². The third-order valence-electron chi connectivity index (χ3n) is 6.66. The molecule has 5 rings (SSSR count). The SMILES string of the molecule is CCOC(=O)C1=C(c2ccccc2)N=C2SC=C(CC(=O)NCc3ccncc3)N2[C@H]1c1cc(OC)ccc1OC. The van der Waals surface area contributed by atoms with Gasteiger partial charge in [-0.3, -0.25) is 9.78 Å². The first-order chi connectivity index (χ1) is 20.0. The molecule has 0 fully saturated rings. The third kappa shape index (κ3) is 5.97. The smallest absolute Gasteiger partial charge is 0.338 e. The lowest BCUT2D eigenvalue weighted by Gasteiger charge is -2.37. The Morgan fingerprint density at radius 1 is 1.02 bits per heavy atom. The molecule has 0 saturated carbocycles. The number of rotatable bonds is 10. The molecule has 1 atom stereocenters. The standard InChI is InChI=1S/C31H30N4O5S/c1-4-40-30(37)27-28(21-8-6-5-7-9-21)34-31-35(29(27)24-17-23(38-2)10-11-25(24)39-3)22(19-41-31)16-26(36)33-18-20-12-14-32-15-13-20/h5-15,17,19,29H,4,16,18H2,1-3H3,(H,33,36)/t29-/m0/s1. The molecule has 41 heavy (non-hydrogen) atoms. The molecular weight excluding hydrogens is 540 g/mol. The topological polar surface area (TPSA) is 102 Å². The van der Waals surface area contributed by atoms with Crippen LogP contribution in [0.4, 0.5) is 0 Å². The monoisotopic (exact) mass is 570 g/mol. The molecule has 0 unspecified atom stereocenters. The Balaban J connectivity index is 1.59. The van der Waals surface area contributed by atoms with Gasteiger partial charge >= 0.3 is 5.97 Å². The number of carbonyl (C=O) groups excluding carboxylic acids is 2. The summed E-state index contributed by atoms with van der Waals surface area (Å²) in [6, 6.07) is 18.0. The van der Waals surface area contributed by atoms with Gasteiger partial charge in [-0.1, -0.05) is 42.1 Å². The highest BCUT2D eigenvalue weighted by Gasteiger charge is 2.43. The molecule has 1 N–H and O–H groups in total. The maximum Gasteiger partial charge on any atom is 0.338 e. The van der Waals surface area contributed by atoms with Crippen LogP contribution in [0.3, 0.4) is 0 Å². The van der Waals surface area contributed by atoms with Crippen LogP contribution < -0.4 is 14.8 Å². The first kappa shape index (κ1) is 28.0. The number of methoxy groups -OCH3 is 2. The molecule has 1 amide bonds. The summed E-state index contributed by atoms with van der Waals surface area (Å²) in [5.74, 6) is 0.496. The van der Waals surface area contributed by atoms with Crippen molar-refractivity contribution in [2.75, 3.05) is 20.8 Å². The van der Waals surface area contributed by atoms with Gasteiger partial charge in [0.05, 0.1) is 44.6 Å². The second kappa shape index (κ2) is 12.7. The maximum absolute atomic E-state index is 13.7. The van der Waals surface area contributed by atoms with Crippen molar-refractivity contribution >= 4 is 34.5 Å². The zero-order valence-corrected chi connectivity index (χ0v) is 23.8. The largest absolute Gasteiger partial charge is 0.497 e. The maximum atomic E-state index is 13.7. The van der Waals surface area contributed by atoms with E-state index < -0.39 is 12.0 Å². The lowest BCUT2D eigenvalue weighted by molar-refractivity contribution is -0.139. The van der Waals surface area contributed by atoms with Crippen LogP contribution in [0.1, 0.15) is 36.1 Å². The molecule has 3 aromatic rings. The van der Waals surface area contributed by atoms with Crippen LogP contribution >= 0.6 is 11.8 Å². The van der Waals surface area contributed by atoms with Crippen LogP contribution in [0.5, 0.6) is 11.5 Å². The Hall–Kier alpha value is -4.57. The number of amides is 1. The normalized spacial score (nSPS) is 16.0. The van der Waals surface area contributed by atoms with Crippen molar-refractivity contribution in [2.45, 2.75) is 25.9 Å². The summed E-state index contributed by atoms with van der Waals surface area (Å²) >= 11 is 1.41. The zero-order chi connectivity index (χ0) is 28.8. The van der Waals surface area contributed by atoms with Gasteiger partial charge in [-0.05, 0) is 48.2 Å². The summed E-state index contributed by atoms with van der Waals surface area (Å²) < 4.78 is 16.9. The number of ether oxygens (including phenoxy) is 3. The van der Waals surface area contributed by atoms with E-state index in [1.165, 1.54) is 11.8 Å². The van der Waals surface area contributed by atoms with Crippen molar-refractivity contribution in [3.05, 3.63) is 106 Å². The highest BCUT2D eigenvalue weighted by atomic mass is 32.2. The van der Waals surface area contributed by atoms with E-state index in [4.69, 9.17) is 19.2 Å². The second-order valence-electron chi connectivity index (χ2n) is 9.16. The first-order valence-electron chi connectivity index (χ1n) is 13.1. The molecular formula is C31H30N4O5S. The van der Waals surface area contributed by atoms with Gasteiger partial charge in [0.1, 0.15) is 11.5 Å². The van der Waals surface area contributed by atoms with Crippen molar-refractivity contribution in [1.29, 1.82) is 0 Å². The van der Waals surface area contributed by atoms with Crippen LogP contribution in [0.15, 0.2) is 94.7 Å². The quantitative estimate of drug-likeness (QED) is 0.337. The molecule has 210 valence electrons. The van der Waals surface area contributed by atoms with Gasteiger partial charge in [0.2, 0.25) is 5.91 Å². The van der Waals surface area contributed by atoms with E-state index in [0.29, 0.717) is 45.7 Å². The summed E-state index contributed by atoms with van der Waals surface area (Å²) in [5, 5.41) is 5.52. The molecule has 10 heteroatoms. The van der Waals surface area contributed by atoms with Gasteiger partial charge in [-0.25, -0.2) is 9.79 Å². The summed E-state index contributed by atoms with van der Waals surface area (Å²) in [7, 11) is 3.16. The number of carbonyl (C=O) groups is 2. The number of nitrogens with zero attached hydrogens (tertiary/aromatic N) is 3. The zero-order valence-electron chi connectivity index (χ0n) is 23.0. The summed E-state index contributed by atoms with van der Waals surface area (Å²) in [6.07, 6.45) is 3.46. The Bertz CT molecular complexity index is 1520. The predicted molar refractivity (Wildman–Crippen MR) is 158 cm³/mol. The van der Waals surface area contributed by atoms with Gasteiger partial charge < -0.3 is 24.4 Å². The molecule has 0 spiro atoms. The number of esters is 1. The van der Waals surface area contributed by atoms with Gasteiger partial charge in [0.25, 0.3) is 0 Å². The minimum absolute atomic E-state index is 0.0800. The van der Waals surface area contributed by atoms with Crippen LogP contribution in [0.25, 0.3) is 5.70 Å². The Morgan fingerprint density at radius 3 is 2.51 bits per heavy atom. The number of hydrogen-bond acceptors (Lipinski definition) is 9. The molecule has 0 radical (unpaired) electrons. The van der Waals surface area contributed by atoms with Gasteiger partial charge in [0, 0.05) is 35.8 Å². The molecule has 2 aliphatic rings. The molecule has 0 bridgehead atoms. The number of nitrogens with one attached hydrogen (secondary N) is 1. The number of pyridine rings is 1. The highest BCUT2D eigenvalue weighted by Crippen LogP contribution is 2.49. The first-order valence-corrected chi connectivity index (χ1v) is 14.0. The van der Waals surface area contributed by atoms with Crippen LogP contribution in [0, 0.1) is 0 Å². The fourth-order valence-electron chi connectivity index (χ4n) is 4.76. The summed E-state index contributed by atoms with van der Waals surface area (Å²) in [5.41, 5.74) is 3.96. The second-order valence-corrected chi connectivity index (χ2v) is 10.00. The van der Waals surface area contributed by atoms with Gasteiger partial charge in [-0.15, -0.1) is 0 Å². The van der Waals surface area contributed by atoms with Crippen LogP contribution in [-0.2, 0) is 20.9 Å². The van der Waals surface area contributed by atoms with Crippen molar-refractivity contribution < 1.29 is 23.8 Å². The average molecular weight is 571 g/mol. The van der Waals surface area contributed by atoms with E-state index in [1.54, 1.807) is 45.7 Å². The van der Waals surface area contributed by atoms with Crippen molar-refractivity contribution in [1.82, 2.24) is 15.2 Å². The molecule has 1 aromatic heterocycles. The van der Waals surface area contributed by atoms with E-state index in [0.717, 1.165) is 11.1 Å². The molecule has 0 aliphatic carbocycles. The van der Waals surface area contributed by atoms with Crippen molar-refractivity contribution in [2.24, 2.45) is 4.99 Å². The molecule has 0 saturated heterocycles. The fourth-order valence-corrected chi connectivity index (χ4v) is 5.68. The number of thioether (sulfide) groups is 1. The number of benzene rings is 2. The van der Waals surface area contributed by atoms with E-state index in [-0.39, 0.29) is 18.9 Å². The molecule has 3 heterocycles. The Morgan fingerprint density at radius 2 is 1.80 bits per heavy atom. The van der Waals surface area contributed by atoms with E-state index >= 15 is 0 Å². The van der Waals surface area contributed by atoms with Gasteiger partial charge in [-0.2, -0.15) is 0 Å². The Kier molecular flexibility index (Phi) is 8.69. The lowest BCUT2D eigenvalue weighted by Crippen LogP contribution is -2.38. The summed E-state index contributed by atoms with van der Waals surface area (Å²) in [6.45, 7) is 2.34. The van der Waals surface area contributed by atoms with E-state index in [1.807, 2.05) is 58.8 Å². The number of aliphatic imine (C=N–C) groups is 1. The summed E-state index contributed by atoms with van der Waals surface area (Å²) in [4.78, 5) is 37.8. The average Bonchev–Trinajstić information content (AvgIpc) is 3.41. The number of amidine groups is 1. The molecule has 2 aromatic carbocycles. The highest BCUT2D eigenvalue weighted by molar-refractivity contribution is 8.16. The van der Waals surface area contributed by atoms with Crippen molar-refractivity contribution in [3.63, 3.8) is 0 Å². The number of hydrogen-bond donors (Lipinski definition) is 1. The third-order valence-corrected chi connectivity index (χ3v) is 7.55. The number of aromatic nitrogens is 1. The minimum atomic E-state index is -0.698. The van der Waals surface area contributed by atoms with E-state index in [2.05, 4.69) is 10.3 Å². The van der Waals surface area contributed by atoms with Crippen molar-refractivity contribution in [3.8, 4) is 11.5 Å². The minimum Gasteiger partial charge on any atom is -0.497 e.